The van der Waals surface area contributed by atoms with Gasteiger partial charge in [0.25, 0.3) is 17.2 Å². The van der Waals surface area contributed by atoms with Crippen LogP contribution >= 0.6 is 0 Å². The molecule has 1 aliphatic heterocycles. The van der Waals surface area contributed by atoms with Gasteiger partial charge in [0.1, 0.15) is 11.5 Å². The standard InChI is InChI=1S/C21H20N2O5S/c24-21(23-10-12-27-13-11-23)18-14-16(22-29(25)26)8-9-20(18)28-19-7-3-5-15-4-1-2-6-17(15)19/h1-9,14,22H,10-13H2,(H,25,26). The van der Waals surface area contributed by atoms with Gasteiger partial charge in [-0.3, -0.25) is 14.1 Å². The van der Waals surface area contributed by atoms with Crippen molar-refractivity contribution in [1.29, 1.82) is 0 Å². The fourth-order valence-corrected chi connectivity index (χ4v) is 3.62. The van der Waals surface area contributed by atoms with Crippen LogP contribution in [0.2, 0.25) is 0 Å². The fourth-order valence-electron chi connectivity index (χ4n) is 3.29. The van der Waals surface area contributed by atoms with Crippen LogP contribution in [0.5, 0.6) is 11.5 Å². The van der Waals surface area contributed by atoms with Crippen molar-refractivity contribution in [1.82, 2.24) is 4.90 Å². The molecule has 7 nitrogen and oxygen atoms in total. The number of benzene rings is 3. The van der Waals surface area contributed by atoms with E-state index in [4.69, 9.17) is 14.0 Å². The molecule has 1 unspecified atom stereocenters. The molecule has 1 aliphatic rings. The van der Waals surface area contributed by atoms with Crippen molar-refractivity contribution in [3.05, 3.63) is 66.2 Å². The molecule has 1 saturated heterocycles. The van der Waals surface area contributed by atoms with Crippen LogP contribution in [0.15, 0.2) is 60.7 Å². The molecule has 2 N–H and O–H groups in total. The van der Waals surface area contributed by atoms with Crippen LogP contribution in [0, 0.1) is 0 Å². The van der Waals surface area contributed by atoms with Crippen LogP contribution in [-0.4, -0.2) is 45.9 Å². The lowest BCUT2D eigenvalue weighted by atomic mass is 10.1. The summed E-state index contributed by atoms with van der Waals surface area (Å²) in [6.45, 7) is 1.92. The zero-order valence-electron chi connectivity index (χ0n) is 15.5. The largest absolute Gasteiger partial charge is 0.456 e. The molecule has 0 bridgehead atoms. The van der Waals surface area contributed by atoms with Crippen molar-refractivity contribution in [3.8, 4) is 11.5 Å². The smallest absolute Gasteiger partial charge is 0.259 e. The monoisotopic (exact) mass is 412 g/mol. The third kappa shape index (κ3) is 4.40. The first-order chi connectivity index (χ1) is 14.1. The van der Waals surface area contributed by atoms with Crippen molar-refractivity contribution in [2.45, 2.75) is 0 Å². The van der Waals surface area contributed by atoms with Gasteiger partial charge < -0.3 is 14.4 Å². The predicted molar refractivity (Wildman–Crippen MR) is 112 cm³/mol. The molecule has 150 valence electrons. The zero-order valence-corrected chi connectivity index (χ0v) is 16.4. The molecule has 3 aromatic carbocycles. The van der Waals surface area contributed by atoms with E-state index in [1.54, 1.807) is 17.0 Å². The average molecular weight is 412 g/mol. The first-order valence-electron chi connectivity index (χ1n) is 9.16. The fraction of sp³-hybridized carbons (Fsp3) is 0.190. The van der Waals surface area contributed by atoms with Gasteiger partial charge in [-0.15, -0.1) is 0 Å². The van der Waals surface area contributed by atoms with E-state index in [-0.39, 0.29) is 5.91 Å². The lowest BCUT2D eigenvalue weighted by Gasteiger charge is -2.27. The number of hydrogen-bond donors (Lipinski definition) is 2. The van der Waals surface area contributed by atoms with Gasteiger partial charge in [-0.05, 0) is 29.7 Å². The molecule has 1 amide bonds. The van der Waals surface area contributed by atoms with E-state index >= 15 is 0 Å². The molecule has 29 heavy (non-hydrogen) atoms. The maximum absolute atomic E-state index is 13.1. The van der Waals surface area contributed by atoms with Crippen LogP contribution in [-0.2, 0) is 16.0 Å². The number of anilines is 1. The number of carbonyl (C=O) groups excluding carboxylic acids is 1. The molecule has 0 aromatic heterocycles. The van der Waals surface area contributed by atoms with Crippen molar-refractivity contribution in [2.24, 2.45) is 0 Å². The SMILES string of the molecule is O=C(c1cc(NS(=O)O)ccc1Oc1cccc2ccccc12)N1CCOCC1. The van der Waals surface area contributed by atoms with E-state index < -0.39 is 11.3 Å². The summed E-state index contributed by atoms with van der Waals surface area (Å²) in [5, 5.41) is 1.96. The maximum Gasteiger partial charge on any atom is 0.259 e. The van der Waals surface area contributed by atoms with Crippen LogP contribution in [0.1, 0.15) is 10.4 Å². The molecule has 3 aromatic rings. The van der Waals surface area contributed by atoms with Crippen LogP contribution in [0.4, 0.5) is 5.69 Å². The highest BCUT2D eigenvalue weighted by Gasteiger charge is 2.23. The molecular weight excluding hydrogens is 392 g/mol. The molecule has 4 rings (SSSR count). The van der Waals surface area contributed by atoms with Gasteiger partial charge in [-0.25, -0.2) is 4.21 Å². The number of carbonyl (C=O) groups is 1. The molecule has 0 aliphatic carbocycles. The summed E-state index contributed by atoms with van der Waals surface area (Å²) in [6, 6.07) is 18.3. The van der Waals surface area contributed by atoms with Gasteiger partial charge in [0.05, 0.1) is 18.8 Å². The van der Waals surface area contributed by atoms with Gasteiger partial charge >= 0.3 is 0 Å². The molecule has 1 heterocycles. The van der Waals surface area contributed by atoms with Crippen LogP contribution in [0.25, 0.3) is 10.8 Å². The summed E-state index contributed by atoms with van der Waals surface area (Å²) in [5.74, 6) is 0.800. The van der Waals surface area contributed by atoms with E-state index in [1.165, 1.54) is 6.07 Å². The minimum atomic E-state index is -2.24. The second-order valence-electron chi connectivity index (χ2n) is 6.55. The van der Waals surface area contributed by atoms with Gasteiger partial charge in [0.2, 0.25) is 0 Å². The Morgan fingerprint density at radius 3 is 2.59 bits per heavy atom. The summed E-state index contributed by atoms with van der Waals surface area (Å²) in [5.41, 5.74) is 0.669. The highest BCUT2D eigenvalue weighted by molar-refractivity contribution is 7.80. The van der Waals surface area contributed by atoms with Gasteiger partial charge in [0, 0.05) is 24.2 Å². The topological polar surface area (TPSA) is 88.1 Å². The Hall–Kier alpha value is -2.94. The molecule has 0 spiro atoms. The van der Waals surface area contributed by atoms with E-state index in [1.807, 2.05) is 42.5 Å². The van der Waals surface area contributed by atoms with Crippen molar-refractivity contribution in [2.75, 3.05) is 31.0 Å². The number of nitrogens with one attached hydrogen (secondary N) is 1. The number of nitrogens with zero attached hydrogens (tertiary/aromatic N) is 1. The van der Waals surface area contributed by atoms with E-state index in [2.05, 4.69) is 4.72 Å². The lowest BCUT2D eigenvalue weighted by Crippen LogP contribution is -2.40. The first kappa shape index (κ1) is 19.4. The van der Waals surface area contributed by atoms with E-state index in [9.17, 15) is 9.00 Å². The van der Waals surface area contributed by atoms with E-state index in [0.29, 0.717) is 49.1 Å². The highest BCUT2D eigenvalue weighted by atomic mass is 32.2. The van der Waals surface area contributed by atoms with Gasteiger partial charge in [-0.1, -0.05) is 36.4 Å². The Morgan fingerprint density at radius 1 is 1.03 bits per heavy atom. The molecule has 0 saturated carbocycles. The number of amides is 1. The Kier molecular flexibility index (Phi) is 5.75. The summed E-state index contributed by atoms with van der Waals surface area (Å²) in [7, 11) is 0. The summed E-state index contributed by atoms with van der Waals surface area (Å²) >= 11 is -2.24. The number of morpholine rings is 1. The van der Waals surface area contributed by atoms with Gasteiger partial charge in [-0.2, -0.15) is 0 Å². The summed E-state index contributed by atoms with van der Waals surface area (Å²) in [4.78, 5) is 14.8. The number of ether oxygens (including phenoxy) is 2. The Balaban J connectivity index is 1.73. The minimum Gasteiger partial charge on any atom is -0.456 e. The number of fused-ring (bicyclic) bond motifs is 1. The summed E-state index contributed by atoms with van der Waals surface area (Å²) < 4.78 is 34.1. The Labute approximate surface area is 170 Å². The van der Waals surface area contributed by atoms with Crippen molar-refractivity contribution < 1.29 is 23.0 Å². The normalized spacial score (nSPS) is 15.1. The number of rotatable bonds is 5. The molecule has 8 heteroatoms. The Bertz CT molecular complexity index is 1060. The molecular formula is C21H20N2O5S. The van der Waals surface area contributed by atoms with Crippen molar-refractivity contribution in [3.63, 3.8) is 0 Å². The predicted octanol–water partition coefficient (Wildman–Crippen LogP) is 3.65. The van der Waals surface area contributed by atoms with Crippen LogP contribution in [0.3, 0.4) is 0 Å². The van der Waals surface area contributed by atoms with Gasteiger partial charge in [0.15, 0.2) is 0 Å². The van der Waals surface area contributed by atoms with Crippen molar-refractivity contribution >= 4 is 33.6 Å². The third-order valence-electron chi connectivity index (χ3n) is 4.68. The average Bonchev–Trinajstić information content (AvgIpc) is 2.75. The third-order valence-corrected chi connectivity index (χ3v) is 5.09. The lowest BCUT2D eigenvalue weighted by molar-refractivity contribution is 0.0301. The summed E-state index contributed by atoms with van der Waals surface area (Å²) in [6.07, 6.45) is 0. The Morgan fingerprint density at radius 2 is 1.79 bits per heavy atom. The second-order valence-corrected chi connectivity index (χ2v) is 7.25. The minimum absolute atomic E-state index is 0.212. The maximum atomic E-state index is 13.1. The second kappa shape index (κ2) is 8.60. The van der Waals surface area contributed by atoms with Crippen LogP contribution < -0.4 is 9.46 Å². The molecule has 1 atom stereocenters. The number of hydrogen-bond acceptors (Lipinski definition) is 4. The first-order valence-corrected chi connectivity index (χ1v) is 10.3. The highest BCUT2D eigenvalue weighted by Crippen LogP contribution is 2.33. The molecule has 1 fully saturated rings. The quantitative estimate of drug-likeness (QED) is 0.625. The zero-order chi connectivity index (χ0) is 20.2. The molecule has 0 radical (unpaired) electrons. The van der Waals surface area contributed by atoms with E-state index in [0.717, 1.165) is 10.8 Å².